The van der Waals surface area contributed by atoms with Crippen LogP contribution >= 0.6 is 31.9 Å². The van der Waals surface area contributed by atoms with Crippen LogP contribution in [0.1, 0.15) is 27.2 Å². The van der Waals surface area contributed by atoms with Gasteiger partial charge in [-0.1, -0.05) is 27.6 Å². The van der Waals surface area contributed by atoms with Gasteiger partial charge in [0, 0.05) is 0 Å². The third kappa shape index (κ3) is 4.75. The van der Waals surface area contributed by atoms with Gasteiger partial charge in [-0.05, 0) is 43.1 Å². The number of hydrogen-bond acceptors (Lipinski definition) is 1. The molecule has 0 aliphatic carbocycles. The predicted octanol–water partition coefficient (Wildman–Crippen LogP) is 3.42. The molecule has 0 rings (SSSR count). The van der Waals surface area contributed by atoms with Crippen LogP contribution in [0.4, 0.5) is 0 Å². The van der Waals surface area contributed by atoms with E-state index in [1.165, 1.54) is 5.57 Å². The second-order valence-electron chi connectivity index (χ2n) is 2.96. The lowest BCUT2D eigenvalue weighted by Gasteiger charge is -2.14. The average Bonchev–Trinajstić information content (AvgIpc) is 1.84. The van der Waals surface area contributed by atoms with E-state index in [-0.39, 0.29) is 4.69 Å². The van der Waals surface area contributed by atoms with Crippen LogP contribution in [-0.2, 0) is 4.79 Å². The molecule has 0 bridgehead atoms. The summed E-state index contributed by atoms with van der Waals surface area (Å²) < 4.78 is -0.466. The fourth-order valence-electron chi connectivity index (χ4n) is 0.476. The van der Waals surface area contributed by atoms with E-state index in [2.05, 4.69) is 31.9 Å². The number of halogens is 2. The van der Waals surface area contributed by atoms with Gasteiger partial charge in [0.15, 0.2) is 0 Å². The van der Waals surface area contributed by atoms with Crippen LogP contribution in [0, 0.1) is 0 Å². The molecule has 1 atom stereocenters. The van der Waals surface area contributed by atoms with Crippen molar-refractivity contribution in [3.05, 3.63) is 11.6 Å². The van der Waals surface area contributed by atoms with Crippen LogP contribution in [0.5, 0.6) is 0 Å². The number of hydrogen-bond donors (Lipinski definition) is 0. The van der Waals surface area contributed by atoms with Crippen LogP contribution in [0.25, 0.3) is 0 Å². The van der Waals surface area contributed by atoms with Gasteiger partial charge < -0.3 is 0 Å². The van der Waals surface area contributed by atoms with E-state index in [0.29, 0.717) is 0 Å². The monoisotopic (exact) mass is 282 g/mol. The van der Waals surface area contributed by atoms with Crippen molar-refractivity contribution in [3.8, 4) is 0 Å². The Balaban J connectivity index is 4.14. The van der Waals surface area contributed by atoms with E-state index in [0.717, 1.165) is 6.42 Å². The Morgan fingerprint density at radius 1 is 1.55 bits per heavy atom. The Morgan fingerprint density at radius 3 is 2.27 bits per heavy atom. The highest BCUT2D eigenvalue weighted by Crippen LogP contribution is 2.26. The van der Waals surface area contributed by atoms with Crippen LogP contribution < -0.4 is 0 Å². The summed E-state index contributed by atoms with van der Waals surface area (Å²) in [4.78, 5) is 10.9. The molecular formula is C8H12Br2O. The van der Waals surface area contributed by atoms with Crippen molar-refractivity contribution in [1.29, 1.82) is 0 Å². The molecule has 0 aliphatic rings. The molecule has 3 heteroatoms. The van der Waals surface area contributed by atoms with Crippen LogP contribution in [0.2, 0.25) is 0 Å². The summed E-state index contributed by atoms with van der Waals surface area (Å²) in [6, 6.07) is 0. The zero-order valence-electron chi connectivity index (χ0n) is 6.95. The minimum Gasteiger partial charge on any atom is -0.285 e. The number of rotatable bonds is 3. The second kappa shape index (κ2) is 4.41. The standard InChI is InChI=1S/C8H12Br2O/c1-6(2)4-5-8(3,10)7(9)11/h4H,5H2,1-3H3. The maximum Gasteiger partial charge on any atom is 0.214 e. The minimum atomic E-state index is -0.454. The number of carbonyl (C=O) groups excluding carboxylic acids is 1. The lowest BCUT2D eigenvalue weighted by molar-refractivity contribution is -0.111. The molecule has 0 saturated heterocycles. The summed E-state index contributed by atoms with van der Waals surface area (Å²) in [5.41, 5.74) is 1.23. The van der Waals surface area contributed by atoms with Crippen LogP contribution in [-0.4, -0.2) is 9.02 Å². The van der Waals surface area contributed by atoms with Gasteiger partial charge >= 0.3 is 0 Å². The van der Waals surface area contributed by atoms with Crippen molar-refractivity contribution in [2.75, 3.05) is 0 Å². The molecule has 0 aromatic heterocycles. The third-order valence-electron chi connectivity index (χ3n) is 1.30. The maximum absolute atomic E-state index is 10.9. The van der Waals surface area contributed by atoms with Crippen molar-refractivity contribution in [2.24, 2.45) is 0 Å². The highest BCUT2D eigenvalue weighted by atomic mass is 79.9. The van der Waals surface area contributed by atoms with Crippen LogP contribution in [0.15, 0.2) is 11.6 Å². The summed E-state index contributed by atoms with van der Waals surface area (Å²) >= 11 is 6.26. The number of allylic oxidation sites excluding steroid dienone is 2. The molecule has 0 amide bonds. The fourth-order valence-corrected chi connectivity index (χ4v) is 0.800. The summed E-state index contributed by atoms with van der Waals surface area (Å²) in [6.45, 7) is 5.88. The quantitative estimate of drug-likeness (QED) is 0.441. The summed E-state index contributed by atoms with van der Waals surface area (Å²) in [5, 5.41) is 0. The lowest BCUT2D eigenvalue weighted by atomic mass is 10.1. The first kappa shape index (κ1) is 11.4. The molecule has 64 valence electrons. The van der Waals surface area contributed by atoms with Crippen molar-refractivity contribution >= 4 is 36.6 Å². The Morgan fingerprint density at radius 2 is 2.00 bits per heavy atom. The topological polar surface area (TPSA) is 17.1 Å². The molecule has 0 aromatic rings. The Bertz CT molecular complexity index is 179. The Kier molecular flexibility index (Phi) is 4.56. The molecule has 0 fully saturated rings. The number of alkyl halides is 1. The molecule has 0 aromatic carbocycles. The highest BCUT2D eigenvalue weighted by Gasteiger charge is 2.25. The zero-order chi connectivity index (χ0) is 9.07. The molecular weight excluding hydrogens is 272 g/mol. The first-order valence-electron chi connectivity index (χ1n) is 3.38. The second-order valence-corrected chi connectivity index (χ2v) is 5.43. The van der Waals surface area contributed by atoms with Gasteiger partial charge in [-0.2, -0.15) is 0 Å². The molecule has 0 heterocycles. The molecule has 0 radical (unpaired) electrons. The molecule has 0 spiro atoms. The largest absolute Gasteiger partial charge is 0.285 e. The van der Waals surface area contributed by atoms with E-state index >= 15 is 0 Å². The van der Waals surface area contributed by atoms with Gasteiger partial charge in [0.25, 0.3) is 0 Å². The van der Waals surface area contributed by atoms with E-state index in [4.69, 9.17) is 0 Å². The van der Waals surface area contributed by atoms with Gasteiger partial charge in [0.1, 0.15) is 0 Å². The van der Waals surface area contributed by atoms with Crippen molar-refractivity contribution < 1.29 is 4.79 Å². The molecule has 1 unspecified atom stereocenters. The summed E-state index contributed by atoms with van der Waals surface area (Å²) in [7, 11) is 0. The minimum absolute atomic E-state index is 0.0116. The number of carbonyl (C=O) groups is 1. The average molecular weight is 284 g/mol. The van der Waals surface area contributed by atoms with Gasteiger partial charge in [-0.15, -0.1) is 0 Å². The van der Waals surface area contributed by atoms with E-state index in [1.54, 1.807) is 0 Å². The SMILES string of the molecule is CC(C)=CCC(C)(Br)C(=O)Br. The first-order valence-corrected chi connectivity index (χ1v) is 4.97. The summed E-state index contributed by atoms with van der Waals surface area (Å²) in [5.74, 6) is 0. The van der Waals surface area contributed by atoms with Gasteiger partial charge in [0.2, 0.25) is 4.69 Å². The van der Waals surface area contributed by atoms with Gasteiger partial charge in [0.05, 0.1) is 4.32 Å². The molecule has 11 heavy (non-hydrogen) atoms. The van der Waals surface area contributed by atoms with Gasteiger partial charge in [-0.25, -0.2) is 0 Å². The van der Waals surface area contributed by atoms with Gasteiger partial charge in [-0.3, -0.25) is 4.79 Å². The van der Waals surface area contributed by atoms with E-state index < -0.39 is 4.32 Å². The molecule has 0 saturated carbocycles. The van der Waals surface area contributed by atoms with Crippen molar-refractivity contribution in [2.45, 2.75) is 31.5 Å². The molecule has 0 aliphatic heterocycles. The third-order valence-corrected chi connectivity index (χ3v) is 3.39. The first-order chi connectivity index (χ1) is 4.86. The fraction of sp³-hybridized carbons (Fsp3) is 0.625. The highest BCUT2D eigenvalue weighted by molar-refractivity contribution is 9.20. The Hall–Kier alpha value is 0.370. The van der Waals surface area contributed by atoms with Crippen molar-refractivity contribution in [3.63, 3.8) is 0 Å². The van der Waals surface area contributed by atoms with E-state index in [9.17, 15) is 4.79 Å². The van der Waals surface area contributed by atoms with Crippen LogP contribution in [0.3, 0.4) is 0 Å². The van der Waals surface area contributed by atoms with Crippen molar-refractivity contribution in [1.82, 2.24) is 0 Å². The normalized spacial score (nSPS) is 15.4. The lowest BCUT2D eigenvalue weighted by Crippen LogP contribution is -2.22. The molecule has 0 N–H and O–H groups in total. The molecule has 1 nitrogen and oxygen atoms in total. The maximum atomic E-state index is 10.9. The van der Waals surface area contributed by atoms with E-state index in [1.807, 2.05) is 26.8 Å². The predicted molar refractivity (Wildman–Crippen MR) is 55.3 cm³/mol. The Labute approximate surface area is 84.5 Å². The summed E-state index contributed by atoms with van der Waals surface area (Å²) in [6.07, 6.45) is 2.76. The zero-order valence-corrected chi connectivity index (χ0v) is 10.1. The smallest absolute Gasteiger partial charge is 0.214 e.